The van der Waals surface area contributed by atoms with Crippen molar-refractivity contribution in [2.24, 2.45) is 17.8 Å². The van der Waals surface area contributed by atoms with E-state index < -0.39 is 23.9 Å². The van der Waals surface area contributed by atoms with Gasteiger partial charge in [0, 0.05) is 13.6 Å². The number of aliphatic carboxylic acids is 1. The number of likely N-dealkylation sites (N-methyl/N-ethyl adjacent to an activating group) is 1. The Kier molecular flexibility index (Phi) is 4.51. The Morgan fingerprint density at radius 2 is 1.88 bits per heavy atom. The zero-order valence-electron chi connectivity index (χ0n) is 10.6. The Labute approximate surface area is 101 Å². The van der Waals surface area contributed by atoms with Gasteiger partial charge in [0.1, 0.15) is 0 Å². The number of carboxylic acids is 1. The van der Waals surface area contributed by atoms with Gasteiger partial charge in [-0.1, -0.05) is 6.92 Å². The van der Waals surface area contributed by atoms with E-state index in [0.717, 1.165) is 0 Å². The summed E-state index contributed by atoms with van der Waals surface area (Å²) in [6.45, 7) is 3.82. The van der Waals surface area contributed by atoms with E-state index in [2.05, 4.69) is 0 Å². The molecule has 2 unspecified atom stereocenters. The molecular formula is C12H21NO4. The highest BCUT2D eigenvalue weighted by atomic mass is 16.4. The smallest absolute Gasteiger partial charge is 0.307 e. The van der Waals surface area contributed by atoms with Gasteiger partial charge in [-0.3, -0.25) is 9.59 Å². The first-order valence-corrected chi connectivity index (χ1v) is 5.98. The van der Waals surface area contributed by atoms with Crippen LogP contribution in [-0.4, -0.2) is 46.7 Å². The topological polar surface area (TPSA) is 77.8 Å². The normalized spacial score (nSPS) is 30.0. The summed E-state index contributed by atoms with van der Waals surface area (Å²) in [5.41, 5.74) is 0. The predicted octanol–water partition coefficient (Wildman–Crippen LogP) is 0.572. The molecule has 1 saturated carbocycles. The van der Waals surface area contributed by atoms with Gasteiger partial charge in [-0.25, -0.2) is 0 Å². The van der Waals surface area contributed by atoms with Crippen LogP contribution in [0.3, 0.4) is 0 Å². The highest BCUT2D eigenvalue weighted by Gasteiger charge is 2.42. The van der Waals surface area contributed by atoms with Crippen molar-refractivity contribution < 1.29 is 19.8 Å². The number of nitrogens with zero attached hydrogens (tertiary/aromatic N) is 1. The van der Waals surface area contributed by atoms with Crippen molar-refractivity contribution in [3.8, 4) is 0 Å². The van der Waals surface area contributed by atoms with Crippen LogP contribution >= 0.6 is 0 Å². The van der Waals surface area contributed by atoms with E-state index in [4.69, 9.17) is 5.11 Å². The van der Waals surface area contributed by atoms with Crippen molar-refractivity contribution >= 4 is 11.9 Å². The van der Waals surface area contributed by atoms with Crippen LogP contribution in [0, 0.1) is 17.8 Å². The SMILES string of the molecule is CC(O)CN(C)C(=O)[C@H]1CC(C)C[C@H]1C(=O)O. The lowest BCUT2D eigenvalue weighted by Gasteiger charge is -2.24. The molecule has 2 N–H and O–H groups in total. The second-order valence-corrected chi connectivity index (χ2v) is 5.20. The van der Waals surface area contributed by atoms with Gasteiger partial charge >= 0.3 is 5.97 Å². The molecule has 5 heteroatoms. The summed E-state index contributed by atoms with van der Waals surface area (Å²) in [6, 6.07) is 0. The average molecular weight is 243 g/mol. The minimum atomic E-state index is -0.891. The molecule has 0 heterocycles. The first-order valence-electron chi connectivity index (χ1n) is 5.98. The number of carboxylic acid groups (broad SMARTS) is 1. The highest BCUT2D eigenvalue weighted by molar-refractivity contribution is 5.85. The number of carbonyl (C=O) groups is 2. The van der Waals surface area contributed by atoms with E-state index >= 15 is 0 Å². The molecule has 0 aromatic carbocycles. The molecule has 98 valence electrons. The molecule has 0 aromatic heterocycles. The minimum absolute atomic E-state index is 0.164. The van der Waals surface area contributed by atoms with E-state index in [1.165, 1.54) is 4.90 Å². The van der Waals surface area contributed by atoms with Gasteiger partial charge in [0.2, 0.25) is 5.91 Å². The van der Waals surface area contributed by atoms with E-state index in [0.29, 0.717) is 12.8 Å². The number of amides is 1. The number of hydrogen-bond acceptors (Lipinski definition) is 3. The highest BCUT2D eigenvalue weighted by Crippen LogP contribution is 2.37. The van der Waals surface area contributed by atoms with Gasteiger partial charge in [-0.2, -0.15) is 0 Å². The summed E-state index contributed by atoms with van der Waals surface area (Å²) < 4.78 is 0. The van der Waals surface area contributed by atoms with Crippen molar-refractivity contribution in [3.63, 3.8) is 0 Å². The number of hydrogen-bond donors (Lipinski definition) is 2. The van der Waals surface area contributed by atoms with Gasteiger partial charge in [-0.15, -0.1) is 0 Å². The van der Waals surface area contributed by atoms with Crippen molar-refractivity contribution in [1.82, 2.24) is 4.90 Å². The van der Waals surface area contributed by atoms with Crippen LogP contribution in [0.4, 0.5) is 0 Å². The predicted molar refractivity (Wildman–Crippen MR) is 62.3 cm³/mol. The standard InChI is InChI=1S/C12H21NO4/c1-7-4-9(10(5-7)12(16)17)11(15)13(3)6-8(2)14/h7-10,14H,4-6H2,1-3H3,(H,16,17)/t7?,8?,9-,10+/m0/s1. The molecule has 0 saturated heterocycles. The lowest BCUT2D eigenvalue weighted by molar-refractivity contribution is -0.149. The lowest BCUT2D eigenvalue weighted by Crippen LogP contribution is -2.40. The third kappa shape index (κ3) is 3.43. The monoisotopic (exact) mass is 243 g/mol. The van der Waals surface area contributed by atoms with Gasteiger partial charge in [-0.05, 0) is 25.7 Å². The summed E-state index contributed by atoms with van der Waals surface area (Å²) in [4.78, 5) is 24.6. The maximum absolute atomic E-state index is 12.1. The van der Waals surface area contributed by atoms with Crippen molar-refractivity contribution in [2.45, 2.75) is 32.8 Å². The Bertz CT molecular complexity index is 303. The molecule has 0 radical (unpaired) electrons. The van der Waals surface area contributed by atoms with Crippen molar-refractivity contribution in [1.29, 1.82) is 0 Å². The van der Waals surface area contributed by atoms with Crippen LogP contribution in [0.25, 0.3) is 0 Å². The summed E-state index contributed by atoms with van der Waals surface area (Å²) in [7, 11) is 1.61. The van der Waals surface area contributed by atoms with Crippen LogP contribution in [-0.2, 0) is 9.59 Å². The Hall–Kier alpha value is -1.10. The van der Waals surface area contributed by atoms with E-state index in [-0.39, 0.29) is 18.4 Å². The average Bonchev–Trinajstić information content (AvgIpc) is 2.58. The van der Waals surface area contributed by atoms with E-state index in [1.807, 2.05) is 6.92 Å². The first kappa shape index (κ1) is 14.0. The fourth-order valence-corrected chi connectivity index (χ4v) is 2.61. The summed E-state index contributed by atoms with van der Waals surface area (Å²) in [5.74, 6) is -1.80. The number of rotatable bonds is 4. The Morgan fingerprint density at radius 3 is 2.35 bits per heavy atom. The molecule has 1 amide bonds. The molecule has 0 spiro atoms. The minimum Gasteiger partial charge on any atom is -0.481 e. The van der Waals surface area contributed by atoms with Gasteiger partial charge in [0.15, 0.2) is 0 Å². The Morgan fingerprint density at radius 1 is 1.35 bits per heavy atom. The second-order valence-electron chi connectivity index (χ2n) is 5.20. The van der Waals surface area contributed by atoms with Crippen LogP contribution in [0.15, 0.2) is 0 Å². The second kappa shape index (κ2) is 5.49. The number of carbonyl (C=O) groups excluding carboxylic acids is 1. The molecule has 1 rings (SSSR count). The van der Waals surface area contributed by atoms with Crippen LogP contribution in [0.1, 0.15) is 26.7 Å². The number of aliphatic hydroxyl groups is 1. The Balaban J connectivity index is 2.70. The molecule has 0 aliphatic heterocycles. The lowest BCUT2D eigenvalue weighted by atomic mass is 9.95. The molecule has 4 atom stereocenters. The fraction of sp³-hybridized carbons (Fsp3) is 0.833. The largest absolute Gasteiger partial charge is 0.481 e. The molecule has 1 aliphatic carbocycles. The summed E-state index contributed by atoms with van der Waals surface area (Å²) in [5, 5.41) is 18.3. The fourth-order valence-electron chi connectivity index (χ4n) is 2.61. The molecule has 0 aromatic rings. The van der Waals surface area contributed by atoms with E-state index in [9.17, 15) is 14.7 Å². The third-order valence-electron chi connectivity index (χ3n) is 3.35. The van der Waals surface area contributed by atoms with Gasteiger partial charge < -0.3 is 15.1 Å². The third-order valence-corrected chi connectivity index (χ3v) is 3.35. The molecule has 1 fully saturated rings. The maximum atomic E-state index is 12.1. The van der Waals surface area contributed by atoms with Crippen molar-refractivity contribution in [2.75, 3.05) is 13.6 Å². The molecular weight excluding hydrogens is 222 g/mol. The zero-order chi connectivity index (χ0) is 13.2. The van der Waals surface area contributed by atoms with Crippen LogP contribution in [0.5, 0.6) is 0 Å². The zero-order valence-corrected chi connectivity index (χ0v) is 10.6. The maximum Gasteiger partial charge on any atom is 0.307 e. The summed E-state index contributed by atoms with van der Waals surface area (Å²) in [6.07, 6.45) is 0.597. The molecule has 5 nitrogen and oxygen atoms in total. The van der Waals surface area contributed by atoms with Crippen molar-refractivity contribution in [3.05, 3.63) is 0 Å². The summed E-state index contributed by atoms with van der Waals surface area (Å²) >= 11 is 0. The molecule has 17 heavy (non-hydrogen) atoms. The number of aliphatic hydroxyl groups excluding tert-OH is 1. The van der Waals surface area contributed by atoms with Gasteiger partial charge in [0.25, 0.3) is 0 Å². The quantitative estimate of drug-likeness (QED) is 0.757. The molecule has 1 aliphatic rings. The van der Waals surface area contributed by atoms with Crippen LogP contribution in [0.2, 0.25) is 0 Å². The molecule has 0 bridgehead atoms. The van der Waals surface area contributed by atoms with Crippen LogP contribution < -0.4 is 0 Å². The first-order chi connectivity index (χ1) is 7.82. The van der Waals surface area contributed by atoms with Gasteiger partial charge in [0.05, 0.1) is 17.9 Å². The van der Waals surface area contributed by atoms with E-state index in [1.54, 1.807) is 14.0 Å².